The van der Waals surface area contributed by atoms with Crippen molar-refractivity contribution in [1.29, 1.82) is 0 Å². The van der Waals surface area contributed by atoms with E-state index in [-0.39, 0.29) is 4.75 Å². The lowest BCUT2D eigenvalue weighted by atomic mass is 10.1. The highest BCUT2D eigenvalue weighted by molar-refractivity contribution is 7.84. The van der Waals surface area contributed by atoms with Crippen molar-refractivity contribution in [2.45, 2.75) is 83.8 Å². The van der Waals surface area contributed by atoms with Gasteiger partial charge < -0.3 is 19.9 Å². The van der Waals surface area contributed by atoms with E-state index in [4.69, 9.17) is 4.74 Å². The number of aliphatic hydroxyl groups excluding tert-OH is 1. The molecule has 2 rings (SSSR count). The molecule has 0 aliphatic heterocycles. The second-order valence-electron chi connectivity index (χ2n) is 8.53. The summed E-state index contributed by atoms with van der Waals surface area (Å²) in [6.07, 6.45) is 10.4. The van der Waals surface area contributed by atoms with E-state index in [0.717, 1.165) is 35.5 Å². The van der Waals surface area contributed by atoms with Gasteiger partial charge in [0.2, 0.25) is 0 Å². The number of nitrogens with one attached hydrogen (secondary N) is 2. The first kappa shape index (κ1) is 23.5. The Kier molecular flexibility index (Phi) is 8.78. The van der Waals surface area contributed by atoms with Crippen molar-refractivity contribution in [3.63, 3.8) is 0 Å². The van der Waals surface area contributed by atoms with Crippen LogP contribution in [-0.4, -0.2) is 26.4 Å². The van der Waals surface area contributed by atoms with Gasteiger partial charge in [-0.2, -0.15) is 0 Å². The van der Waals surface area contributed by atoms with Crippen molar-refractivity contribution < 1.29 is 14.1 Å². The molecule has 6 heteroatoms. The molecule has 1 saturated carbocycles. The van der Waals surface area contributed by atoms with E-state index in [1.54, 1.807) is 0 Å². The Bertz CT molecular complexity index is 747. The topological polar surface area (TPSA) is 70.6 Å². The molecule has 0 spiro atoms. The van der Waals surface area contributed by atoms with Gasteiger partial charge in [0.1, 0.15) is 23.0 Å². The number of anilines is 1. The Morgan fingerprint density at radius 2 is 2.03 bits per heavy atom. The molecule has 0 aromatic heterocycles. The van der Waals surface area contributed by atoms with Crippen molar-refractivity contribution >= 4 is 16.7 Å². The highest BCUT2D eigenvalue weighted by Crippen LogP contribution is 2.27. The number of hydrogen-bond acceptors (Lipinski definition) is 4. The van der Waals surface area contributed by atoms with Crippen LogP contribution in [0.25, 0.3) is 0 Å². The highest BCUT2D eigenvalue weighted by atomic mass is 32.2. The zero-order chi connectivity index (χ0) is 21.4. The van der Waals surface area contributed by atoms with Crippen LogP contribution < -0.4 is 14.8 Å². The van der Waals surface area contributed by atoms with Gasteiger partial charge in [-0.25, -0.2) is 4.21 Å². The van der Waals surface area contributed by atoms with Crippen LogP contribution in [0.3, 0.4) is 0 Å². The smallest absolute Gasteiger partial charge is 0.127 e. The lowest BCUT2D eigenvalue weighted by Gasteiger charge is -2.19. The van der Waals surface area contributed by atoms with Crippen molar-refractivity contribution in [2.24, 2.45) is 0 Å². The monoisotopic (exact) mass is 420 g/mol. The van der Waals surface area contributed by atoms with E-state index in [0.29, 0.717) is 12.5 Å². The minimum Gasteiger partial charge on any atom is -0.490 e. The molecule has 0 heterocycles. The molecule has 0 amide bonds. The Labute approximate surface area is 178 Å². The number of hydrogen-bond donors (Lipinski definition) is 3. The maximum Gasteiger partial charge on any atom is 0.127 e. The van der Waals surface area contributed by atoms with E-state index in [2.05, 4.69) is 10.0 Å². The fraction of sp³-hybridized carbons (Fsp3) is 0.565. The molecule has 2 unspecified atom stereocenters. The normalized spacial score (nSPS) is 18.1. The molecule has 162 valence electrons. The van der Waals surface area contributed by atoms with E-state index in [9.17, 15) is 9.32 Å². The molecule has 0 bridgehead atoms. The summed E-state index contributed by atoms with van der Waals surface area (Å²) in [5, 5.41) is 13.5. The number of ether oxygens (including phenoxy) is 1. The molecule has 1 aromatic rings. The van der Waals surface area contributed by atoms with Crippen molar-refractivity contribution in [3.05, 3.63) is 47.7 Å². The Hall–Kier alpha value is -1.79. The first-order chi connectivity index (χ1) is 13.7. The molecular weight excluding hydrogens is 384 g/mol. The van der Waals surface area contributed by atoms with Crippen LogP contribution in [0.5, 0.6) is 5.75 Å². The number of allylic oxidation sites excluding steroid dienone is 2. The molecule has 0 saturated heterocycles. The lowest BCUT2D eigenvalue weighted by molar-refractivity contribution is 0.206. The van der Waals surface area contributed by atoms with Gasteiger partial charge >= 0.3 is 0 Å². The first-order valence-corrected chi connectivity index (χ1v) is 11.6. The second-order valence-corrected chi connectivity index (χ2v) is 10.5. The maximum atomic E-state index is 12.2. The van der Waals surface area contributed by atoms with Crippen molar-refractivity contribution in [3.8, 4) is 5.75 Å². The van der Waals surface area contributed by atoms with Crippen LogP contribution in [-0.2, 0) is 11.0 Å². The Morgan fingerprint density at radius 1 is 1.34 bits per heavy atom. The van der Waals surface area contributed by atoms with Crippen molar-refractivity contribution in [2.75, 3.05) is 5.32 Å². The summed E-state index contributed by atoms with van der Waals surface area (Å²) in [7, 11) is -1.18. The average Bonchev–Trinajstić information content (AvgIpc) is 3.15. The fourth-order valence-corrected chi connectivity index (χ4v) is 3.79. The summed E-state index contributed by atoms with van der Waals surface area (Å²) in [6, 6.07) is 5.94. The summed E-state index contributed by atoms with van der Waals surface area (Å²) in [5.41, 5.74) is 2.71. The van der Waals surface area contributed by atoms with E-state index >= 15 is 0 Å². The van der Waals surface area contributed by atoms with Crippen molar-refractivity contribution in [1.82, 2.24) is 4.72 Å². The number of aliphatic hydroxyl groups is 1. The molecule has 3 N–H and O–H groups in total. The van der Waals surface area contributed by atoms with Crippen LogP contribution in [0, 0.1) is 6.92 Å². The zero-order valence-corrected chi connectivity index (χ0v) is 19.1. The third kappa shape index (κ3) is 7.86. The average molecular weight is 421 g/mol. The summed E-state index contributed by atoms with van der Waals surface area (Å²) in [6.45, 7) is 9.67. The Morgan fingerprint density at radius 3 is 2.62 bits per heavy atom. The molecule has 1 fully saturated rings. The van der Waals surface area contributed by atoms with Crippen LogP contribution in [0.1, 0.15) is 65.4 Å². The number of rotatable bonds is 9. The largest absolute Gasteiger partial charge is 0.490 e. The third-order valence-electron chi connectivity index (χ3n) is 4.86. The number of aryl methyl sites for hydroxylation is 1. The predicted molar refractivity (Wildman–Crippen MR) is 122 cm³/mol. The zero-order valence-electron chi connectivity index (χ0n) is 18.3. The molecular formula is C23H36N2O3S. The molecule has 1 aliphatic carbocycles. The van der Waals surface area contributed by atoms with Gasteiger partial charge in [-0.05, 0) is 90.1 Å². The summed E-state index contributed by atoms with van der Waals surface area (Å²) < 4.78 is 20.9. The molecule has 1 aliphatic rings. The van der Waals surface area contributed by atoms with E-state index < -0.39 is 17.2 Å². The molecule has 1 aromatic carbocycles. The quantitative estimate of drug-likeness (QED) is 0.390. The van der Waals surface area contributed by atoms with Crippen LogP contribution in [0.2, 0.25) is 0 Å². The van der Waals surface area contributed by atoms with Gasteiger partial charge in [0, 0.05) is 17.8 Å². The van der Waals surface area contributed by atoms with Gasteiger partial charge in [-0.3, -0.25) is 0 Å². The lowest BCUT2D eigenvalue weighted by Crippen LogP contribution is -2.32. The third-order valence-corrected chi connectivity index (χ3v) is 6.39. The Balaban J connectivity index is 1.85. The molecule has 29 heavy (non-hydrogen) atoms. The van der Waals surface area contributed by atoms with Gasteiger partial charge in [0.15, 0.2) is 0 Å². The highest BCUT2D eigenvalue weighted by Gasteiger charge is 2.19. The number of benzene rings is 1. The van der Waals surface area contributed by atoms with Crippen LogP contribution in [0.4, 0.5) is 5.69 Å². The van der Waals surface area contributed by atoms with Crippen LogP contribution >= 0.6 is 0 Å². The first-order valence-electron chi connectivity index (χ1n) is 10.4. The van der Waals surface area contributed by atoms with Gasteiger partial charge in [0.25, 0.3) is 0 Å². The van der Waals surface area contributed by atoms with E-state index in [1.807, 2.05) is 71.0 Å². The molecule has 2 atom stereocenters. The second kappa shape index (κ2) is 10.8. The summed E-state index contributed by atoms with van der Waals surface area (Å²) in [5.74, 6) is 0.894. The summed E-state index contributed by atoms with van der Waals surface area (Å²) in [4.78, 5) is 0. The molecule has 0 radical (unpaired) electrons. The van der Waals surface area contributed by atoms with Crippen LogP contribution in [0.15, 0.2) is 42.1 Å². The standard InChI is InChI=1S/C23H36N2O3S/c1-6-18(25-29(27)23(3,4)5)10-9-13-22(26)24-21-15-14-20(16-17(21)2)28-19-11-7-8-12-19/h6,9-10,14-16,19,22,24-26H,7-8,11-13H2,1-5H3/b10-9-,18-6+. The maximum absolute atomic E-state index is 12.2. The van der Waals surface area contributed by atoms with Gasteiger partial charge in [-0.1, -0.05) is 12.2 Å². The van der Waals surface area contributed by atoms with E-state index in [1.165, 1.54) is 12.8 Å². The SMILES string of the molecule is C/C=C(\C=C/CC(O)Nc1ccc(OC2CCCC2)cc1C)NS(=O)C(C)(C)C. The minimum atomic E-state index is -1.18. The molecule has 5 nitrogen and oxygen atoms in total. The van der Waals surface area contributed by atoms with Gasteiger partial charge in [0.05, 0.1) is 10.9 Å². The van der Waals surface area contributed by atoms with Gasteiger partial charge in [-0.15, -0.1) is 0 Å². The summed E-state index contributed by atoms with van der Waals surface area (Å²) >= 11 is 0. The predicted octanol–water partition coefficient (Wildman–Crippen LogP) is 4.95. The fourth-order valence-electron chi connectivity index (χ4n) is 3.08. The minimum absolute atomic E-state index is 0.339.